The van der Waals surface area contributed by atoms with Gasteiger partial charge in [-0.1, -0.05) is 13.8 Å². The number of hydrogen-bond donors (Lipinski definition) is 3. The van der Waals surface area contributed by atoms with Gasteiger partial charge in [0, 0.05) is 19.1 Å². The first kappa shape index (κ1) is 14.7. The molecule has 1 rings (SSSR count). The van der Waals surface area contributed by atoms with Crippen molar-refractivity contribution in [1.82, 2.24) is 9.97 Å². The summed E-state index contributed by atoms with van der Waals surface area (Å²) in [5.41, 5.74) is 2.35. The Hall–Kier alpha value is -1.40. The van der Waals surface area contributed by atoms with E-state index < -0.39 is 0 Å². The highest BCUT2D eigenvalue weighted by atomic mass is 16.5. The van der Waals surface area contributed by atoms with E-state index in [2.05, 4.69) is 20.7 Å². The zero-order valence-corrected chi connectivity index (χ0v) is 11.7. The van der Waals surface area contributed by atoms with Crippen LogP contribution in [0.1, 0.15) is 39.4 Å². The molecule has 0 aliphatic heterocycles. The Morgan fingerprint density at radius 2 is 1.94 bits per heavy atom. The summed E-state index contributed by atoms with van der Waals surface area (Å²) < 4.78 is 5.17. The summed E-state index contributed by atoms with van der Waals surface area (Å²) in [6.45, 7) is 8.76. The second-order valence-corrected chi connectivity index (χ2v) is 5.24. The Bertz CT molecular complexity index is 392. The molecule has 1 aromatic rings. The van der Waals surface area contributed by atoms with E-state index >= 15 is 0 Å². The summed E-state index contributed by atoms with van der Waals surface area (Å²) >= 11 is 0. The lowest BCUT2D eigenvalue weighted by atomic mass is 10.1. The van der Waals surface area contributed by atoms with Crippen molar-refractivity contribution in [3.63, 3.8) is 0 Å². The zero-order chi connectivity index (χ0) is 13.8. The van der Waals surface area contributed by atoms with Gasteiger partial charge in [0.2, 0.25) is 0 Å². The fourth-order valence-electron chi connectivity index (χ4n) is 1.61. The predicted molar refractivity (Wildman–Crippen MR) is 73.5 cm³/mol. The van der Waals surface area contributed by atoms with E-state index in [1.54, 1.807) is 13.2 Å². The summed E-state index contributed by atoms with van der Waals surface area (Å²) in [7, 11) is 1.68. The van der Waals surface area contributed by atoms with Gasteiger partial charge in [-0.05, 0) is 13.8 Å². The molecule has 4 N–H and O–H groups in total. The highest BCUT2D eigenvalue weighted by Crippen LogP contribution is 2.19. The summed E-state index contributed by atoms with van der Waals surface area (Å²) in [6.07, 6.45) is 0. The van der Waals surface area contributed by atoms with Gasteiger partial charge in [0.1, 0.15) is 17.5 Å². The number of nitrogens with one attached hydrogen (secondary N) is 2. The van der Waals surface area contributed by atoms with Crippen LogP contribution < -0.4 is 16.6 Å². The fraction of sp³-hybridized carbons (Fsp3) is 0.667. The lowest BCUT2D eigenvalue weighted by molar-refractivity contribution is 0.158. The van der Waals surface area contributed by atoms with Crippen LogP contribution in [0.25, 0.3) is 0 Å². The molecule has 6 heteroatoms. The smallest absolute Gasteiger partial charge is 0.145 e. The average molecular weight is 253 g/mol. The van der Waals surface area contributed by atoms with Crippen LogP contribution in [0.5, 0.6) is 0 Å². The van der Waals surface area contributed by atoms with Crippen molar-refractivity contribution in [2.24, 2.45) is 5.84 Å². The van der Waals surface area contributed by atoms with E-state index in [4.69, 9.17) is 10.6 Å². The maximum atomic E-state index is 5.42. The molecule has 0 saturated carbocycles. The van der Waals surface area contributed by atoms with Crippen LogP contribution >= 0.6 is 0 Å². The van der Waals surface area contributed by atoms with E-state index in [9.17, 15) is 0 Å². The third kappa shape index (κ3) is 4.12. The number of nitrogens with two attached hydrogens (primary N) is 1. The number of hydrogen-bond acceptors (Lipinski definition) is 6. The van der Waals surface area contributed by atoms with Crippen molar-refractivity contribution in [2.45, 2.75) is 39.2 Å². The third-order valence-corrected chi connectivity index (χ3v) is 2.38. The molecule has 6 nitrogen and oxygen atoms in total. The van der Waals surface area contributed by atoms with Crippen molar-refractivity contribution >= 4 is 11.6 Å². The molecule has 0 atom stereocenters. The van der Waals surface area contributed by atoms with Gasteiger partial charge < -0.3 is 15.5 Å². The van der Waals surface area contributed by atoms with Crippen LogP contribution in [0.4, 0.5) is 11.6 Å². The maximum Gasteiger partial charge on any atom is 0.145 e. The molecule has 18 heavy (non-hydrogen) atoms. The van der Waals surface area contributed by atoms with Crippen LogP contribution in [-0.2, 0) is 4.74 Å². The molecular formula is C12H23N5O. The molecule has 102 valence electrons. The molecular weight excluding hydrogens is 230 g/mol. The molecule has 0 bridgehead atoms. The number of anilines is 2. The third-order valence-electron chi connectivity index (χ3n) is 2.38. The Morgan fingerprint density at radius 1 is 1.33 bits per heavy atom. The Labute approximate surface area is 108 Å². The van der Waals surface area contributed by atoms with E-state index in [1.165, 1.54) is 0 Å². The lowest BCUT2D eigenvalue weighted by Gasteiger charge is -2.26. The minimum absolute atomic E-state index is 0.205. The molecule has 0 amide bonds. The summed E-state index contributed by atoms with van der Waals surface area (Å²) in [5.74, 6) is 7.75. The lowest BCUT2D eigenvalue weighted by Crippen LogP contribution is -2.36. The standard InChI is InChI=1S/C12H23N5O/c1-8(2)11-14-9(6-10(15-11)17-13)16-12(3,4)7-18-5/h6,8H,7,13H2,1-5H3,(H2,14,15,16,17). The molecule has 0 unspecified atom stereocenters. The number of nitrogen functional groups attached to an aromatic ring is 1. The zero-order valence-electron chi connectivity index (χ0n) is 11.7. The summed E-state index contributed by atoms with van der Waals surface area (Å²) in [4.78, 5) is 8.78. The average Bonchev–Trinajstić information content (AvgIpc) is 2.27. The Kier molecular flexibility index (Phi) is 4.86. The van der Waals surface area contributed by atoms with Gasteiger partial charge in [-0.3, -0.25) is 0 Å². The predicted octanol–water partition coefficient (Wildman–Crippen LogP) is 1.72. The van der Waals surface area contributed by atoms with Crippen LogP contribution in [0.15, 0.2) is 6.07 Å². The second kappa shape index (κ2) is 5.97. The Balaban J connectivity index is 2.97. The summed E-state index contributed by atoms with van der Waals surface area (Å²) in [6, 6.07) is 1.78. The van der Waals surface area contributed by atoms with Crippen LogP contribution in [0.2, 0.25) is 0 Å². The van der Waals surface area contributed by atoms with Crippen molar-refractivity contribution < 1.29 is 4.74 Å². The van der Waals surface area contributed by atoms with Crippen LogP contribution in [0, 0.1) is 0 Å². The van der Waals surface area contributed by atoms with E-state index in [-0.39, 0.29) is 11.5 Å². The van der Waals surface area contributed by atoms with Crippen molar-refractivity contribution in [3.05, 3.63) is 11.9 Å². The molecule has 0 saturated heterocycles. The normalized spacial score (nSPS) is 11.7. The summed E-state index contributed by atoms with van der Waals surface area (Å²) in [5, 5.41) is 3.32. The molecule has 0 aromatic carbocycles. The molecule has 0 radical (unpaired) electrons. The number of aromatic nitrogens is 2. The number of rotatable bonds is 6. The molecule has 1 heterocycles. The van der Waals surface area contributed by atoms with Crippen molar-refractivity contribution in [3.8, 4) is 0 Å². The number of hydrazine groups is 1. The number of methoxy groups -OCH3 is 1. The minimum atomic E-state index is -0.205. The highest BCUT2D eigenvalue weighted by Gasteiger charge is 2.19. The van der Waals surface area contributed by atoms with Gasteiger partial charge in [-0.2, -0.15) is 0 Å². The molecule has 0 aliphatic carbocycles. The van der Waals surface area contributed by atoms with E-state index in [0.29, 0.717) is 12.4 Å². The van der Waals surface area contributed by atoms with Crippen LogP contribution in [0.3, 0.4) is 0 Å². The molecule has 0 fully saturated rings. The maximum absolute atomic E-state index is 5.42. The molecule has 0 aliphatic rings. The van der Waals surface area contributed by atoms with Gasteiger partial charge in [-0.25, -0.2) is 15.8 Å². The molecule has 0 spiro atoms. The van der Waals surface area contributed by atoms with Gasteiger partial charge in [0.15, 0.2) is 0 Å². The van der Waals surface area contributed by atoms with Crippen molar-refractivity contribution in [1.29, 1.82) is 0 Å². The topological polar surface area (TPSA) is 85.1 Å². The second-order valence-electron chi connectivity index (χ2n) is 5.24. The number of ether oxygens (including phenoxy) is 1. The molecule has 1 aromatic heterocycles. The van der Waals surface area contributed by atoms with Gasteiger partial charge in [-0.15, -0.1) is 0 Å². The highest BCUT2D eigenvalue weighted by molar-refractivity contribution is 5.48. The minimum Gasteiger partial charge on any atom is -0.382 e. The van der Waals surface area contributed by atoms with E-state index in [0.717, 1.165) is 11.6 Å². The van der Waals surface area contributed by atoms with Gasteiger partial charge in [0.25, 0.3) is 0 Å². The largest absolute Gasteiger partial charge is 0.382 e. The first-order chi connectivity index (χ1) is 8.38. The van der Waals surface area contributed by atoms with E-state index in [1.807, 2.05) is 27.7 Å². The first-order valence-corrected chi connectivity index (χ1v) is 6.00. The number of nitrogens with zero attached hydrogens (tertiary/aromatic N) is 2. The van der Waals surface area contributed by atoms with Crippen LogP contribution in [-0.4, -0.2) is 29.2 Å². The quantitative estimate of drug-likeness (QED) is 0.529. The fourth-order valence-corrected chi connectivity index (χ4v) is 1.61. The first-order valence-electron chi connectivity index (χ1n) is 6.00. The SMILES string of the molecule is COCC(C)(C)Nc1cc(NN)nc(C(C)C)n1. The van der Waals surface area contributed by atoms with Crippen molar-refractivity contribution in [2.75, 3.05) is 24.5 Å². The van der Waals surface area contributed by atoms with Gasteiger partial charge >= 0.3 is 0 Å². The van der Waals surface area contributed by atoms with Gasteiger partial charge in [0.05, 0.1) is 12.1 Å². The monoisotopic (exact) mass is 253 g/mol. The Morgan fingerprint density at radius 3 is 2.44 bits per heavy atom.